The van der Waals surface area contributed by atoms with Gasteiger partial charge in [-0.15, -0.1) is 0 Å². The second kappa shape index (κ2) is 6.66. The van der Waals surface area contributed by atoms with Crippen molar-refractivity contribution in [2.24, 2.45) is 0 Å². The second-order valence-corrected chi connectivity index (χ2v) is 6.31. The molecule has 1 aliphatic heterocycles. The summed E-state index contributed by atoms with van der Waals surface area (Å²) >= 11 is 5.64. The SMILES string of the molecule is COCc1c(Br)cccc1NC1CCSCC1. The zero-order valence-corrected chi connectivity index (χ0v) is 12.4. The minimum atomic E-state index is 0.612. The molecule has 0 aromatic heterocycles. The largest absolute Gasteiger partial charge is 0.382 e. The molecule has 0 atom stereocenters. The Kier molecular flexibility index (Phi) is 5.19. The van der Waals surface area contributed by atoms with Crippen molar-refractivity contribution >= 4 is 33.4 Å². The maximum atomic E-state index is 5.26. The molecule has 1 aromatic carbocycles. The second-order valence-electron chi connectivity index (χ2n) is 4.23. The molecule has 0 unspecified atom stereocenters. The monoisotopic (exact) mass is 315 g/mol. The summed E-state index contributed by atoms with van der Waals surface area (Å²) in [5, 5.41) is 3.65. The molecule has 1 heterocycles. The minimum Gasteiger partial charge on any atom is -0.382 e. The highest BCUT2D eigenvalue weighted by Gasteiger charge is 2.15. The van der Waals surface area contributed by atoms with Crippen LogP contribution in [0.3, 0.4) is 0 Å². The Hall–Kier alpha value is -0.190. The van der Waals surface area contributed by atoms with E-state index in [-0.39, 0.29) is 0 Å². The molecule has 0 spiro atoms. The van der Waals surface area contributed by atoms with Gasteiger partial charge in [-0.1, -0.05) is 22.0 Å². The molecule has 17 heavy (non-hydrogen) atoms. The van der Waals surface area contributed by atoms with Crippen LogP contribution in [0.1, 0.15) is 18.4 Å². The first-order valence-electron chi connectivity index (χ1n) is 5.92. The molecule has 0 aliphatic carbocycles. The standard InChI is InChI=1S/C13H18BrNOS/c1-16-9-11-12(14)3-2-4-13(11)15-10-5-7-17-8-6-10/h2-4,10,15H,5-9H2,1H3. The molecule has 94 valence electrons. The van der Waals surface area contributed by atoms with Crippen LogP contribution in [0, 0.1) is 0 Å². The van der Waals surface area contributed by atoms with Crippen molar-refractivity contribution in [1.82, 2.24) is 0 Å². The average Bonchev–Trinajstić information content (AvgIpc) is 2.35. The highest BCUT2D eigenvalue weighted by molar-refractivity contribution is 9.10. The lowest BCUT2D eigenvalue weighted by molar-refractivity contribution is 0.185. The van der Waals surface area contributed by atoms with Crippen molar-refractivity contribution in [2.45, 2.75) is 25.5 Å². The van der Waals surface area contributed by atoms with Gasteiger partial charge in [0.25, 0.3) is 0 Å². The van der Waals surface area contributed by atoms with E-state index in [9.17, 15) is 0 Å². The molecule has 1 aliphatic rings. The van der Waals surface area contributed by atoms with Crippen molar-refractivity contribution in [1.29, 1.82) is 0 Å². The van der Waals surface area contributed by atoms with E-state index in [0.29, 0.717) is 12.6 Å². The van der Waals surface area contributed by atoms with Crippen molar-refractivity contribution in [3.63, 3.8) is 0 Å². The normalized spacial score (nSPS) is 17.1. The predicted octanol–water partition coefficient (Wildman–Crippen LogP) is 3.90. The van der Waals surface area contributed by atoms with Crippen LogP contribution in [0.4, 0.5) is 5.69 Å². The first kappa shape index (κ1) is 13.2. The molecule has 1 aromatic rings. The highest BCUT2D eigenvalue weighted by Crippen LogP contribution is 2.28. The smallest absolute Gasteiger partial charge is 0.0744 e. The lowest BCUT2D eigenvalue weighted by Crippen LogP contribution is -2.25. The number of thioether (sulfide) groups is 1. The third-order valence-electron chi connectivity index (χ3n) is 2.99. The summed E-state index contributed by atoms with van der Waals surface area (Å²) in [6, 6.07) is 6.89. The number of hydrogen-bond donors (Lipinski definition) is 1. The molecule has 0 amide bonds. The summed E-state index contributed by atoms with van der Waals surface area (Å²) < 4.78 is 6.38. The van der Waals surface area contributed by atoms with Gasteiger partial charge in [-0.2, -0.15) is 11.8 Å². The third kappa shape index (κ3) is 3.63. The lowest BCUT2D eigenvalue weighted by atomic mass is 10.1. The Bertz CT molecular complexity index is 366. The van der Waals surface area contributed by atoms with Crippen LogP contribution in [0.25, 0.3) is 0 Å². The zero-order chi connectivity index (χ0) is 12.1. The number of methoxy groups -OCH3 is 1. The number of nitrogens with one attached hydrogen (secondary N) is 1. The van der Waals surface area contributed by atoms with Crippen molar-refractivity contribution in [2.75, 3.05) is 23.9 Å². The number of rotatable bonds is 4. The maximum Gasteiger partial charge on any atom is 0.0744 e. The fraction of sp³-hybridized carbons (Fsp3) is 0.538. The number of anilines is 1. The van der Waals surface area contributed by atoms with Crippen molar-refractivity contribution in [3.8, 4) is 0 Å². The molecule has 1 saturated heterocycles. The number of benzene rings is 1. The van der Waals surface area contributed by atoms with Crippen LogP contribution in [0.5, 0.6) is 0 Å². The first-order chi connectivity index (χ1) is 8.31. The van der Waals surface area contributed by atoms with E-state index in [1.807, 2.05) is 0 Å². The van der Waals surface area contributed by atoms with Crippen LogP contribution in [-0.2, 0) is 11.3 Å². The molecular weight excluding hydrogens is 298 g/mol. The van der Waals surface area contributed by atoms with Crippen molar-refractivity contribution in [3.05, 3.63) is 28.2 Å². The summed E-state index contributed by atoms with van der Waals surface area (Å²) in [4.78, 5) is 0. The van der Waals surface area contributed by atoms with Crippen LogP contribution in [-0.4, -0.2) is 24.7 Å². The number of ether oxygens (including phenoxy) is 1. The lowest BCUT2D eigenvalue weighted by Gasteiger charge is -2.25. The fourth-order valence-electron chi connectivity index (χ4n) is 2.05. The summed E-state index contributed by atoms with van der Waals surface area (Å²) in [7, 11) is 1.74. The Balaban J connectivity index is 2.10. The Labute approximate surface area is 116 Å². The van der Waals surface area contributed by atoms with Crippen molar-refractivity contribution < 1.29 is 4.74 Å². The Morgan fingerprint density at radius 3 is 2.88 bits per heavy atom. The van der Waals surface area contributed by atoms with Gasteiger partial charge in [0.2, 0.25) is 0 Å². The first-order valence-corrected chi connectivity index (χ1v) is 7.86. The summed E-state index contributed by atoms with van der Waals surface area (Å²) in [6.07, 6.45) is 2.51. The van der Waals surface area contributed by atoms with Gasteiger partial charge in [-0.25, -0.2) is 0 Å². The highest BCUT2D eigenvalue weighted by atomic mass is 79.9. The summed E-state index contributed by atoms with van der Waals surface area (Å²) in [6.45, 7) is 0.644. The van der Waals surface area contributed by atoms with E-state index in [1.54, 1.807) is 7.11 Å². The van der Waals surface area contributed by atoms with Crippen LogP contribution in [0.2, 0.25) is 0 Å². The molecule has 4 heteroatoms. The Morgan fingerprint density at radius 2 is 2.18 bits per heavy atom. The minimum absolute atomic E-state index is 0.612. The molecule has 0 radical (unpaired) electrons. The molecule has 1 fully saturated rings. The van der Waals surface area contributed by atoms with E-state index >= 15 is 0 Å². The molecule has 0 bridgehead atoms. The van der Waals surface area contributed by atoms with Gasteiger partial charge in [0.05, 0.1) is 6.61 Å². The quantitative estimate of drug-likeness (QED) is 0.910. The van der Waals surface area contributed by atoms with Gasteiger partial charge in [0.1, 0.15) is 0 Å². The van der Waals surface area contributed by atoms with Gasteiger partial charge >= 0.3 is 0 Å². The number of hydrogen-bond acceptors (Lipinski definition) is 3. The molecular formula is C13H18BrNOS. The van der Waals surface area contributed by atoms with E-state index in [4.69, 9.17) is 4.74 Å². The van der Waals surface area contributed by atoms with Crippen LogP contribution < -0.4 is 5.32 Å². The molecule has 1 N–H and O–H groups in total. The van der Waals surface area contributed by atoms with Gasteiger partial charge in [-0.3, -0.25) is 0 Å². The summed E-state index contributed by atoms with van der Waals surface area (Å²) in [5.41, 5.74) is 2.42. The van der Waals surface area contributed by atoms with Crippen LogP contribution >= 0.6 is 27.7 Å². The van der Waals surface area contributed by atoms with Crippen LogP contribution in [0.15, 0.2) is 22.7 Å². The molecule has 2 rings (SSSR count). The maximum absolute atomic E-state index is 5.26. The van der Waals surface area contributed by atoms with E-state index in [1.165, 1.54) is 35.6 Å². The zero-order valence-electron chi connectivity index (χ0n) is 10.0. The third-order valence-corrected chi connectivity index (χ3v) is 4.78. The van der Waals surface area contributed by atoms with Gasteiger partial charge in [0, 0.05) is 28.9 Å². The Morgan fingerprint density at radius 1 is 1.41 bits per heavy atom. The van der Waals surface area contributed by atoms with E-state index < -0.39 is 0 Å². The topological polar surface area (TPSA) is 21.3 Å². The van der Waals surface area contributed by atoms with Gasteiger partial charge in [-0.05, 0) is 36.5 Å². The van der Waals surface area contributed by atoms with Gasteiger partial charge in [0.15, 0.2) is 0 Å². The molecule has 0 saturated carbocycles. The number of halogens is 1. The van der Waals surface area contributed by atoms with E-state index in [2.05, 4.69) is 51.2 Å². The predicted molar refractivity (Wildman–Crippen MR) is 78.8 cm³/mol. The van der Waals surface area contributed by atoms with Gasteiger partial charge < -0.3 is 10.1 Å². The average molecular weight is 316 g/mol. The summed E-state index contributed by atoms with van der Waals surface area (Å²) in [5.74, 6) is 2.54. The fourth-order valence-corrected chi connectivity index (χ4v) is 3.63. The van der Waals surface area contributed by atoms with E-state index in [0.717, 1.165) is 4.47 Å². The molecule has 2 nitrogen and oxygen atoms in total.